The first kappa shape index (κ1) is 12.6. The number of fused-ring (bicyclic) bond motifs is 1. The number of aryl methyl sites for hydroxylation is 3. The minimum Gasteiger partial charge on any atom is -0.495 e. The zero-order chi connectivity index (χ0) is 14.4. The molecule has 0 saturated carbocycles. The van der Waals surface area contributed by atoms with Crippen LogP contribution in [0.15, 0.2) is 18.2 Å². The molecule has 0 aliphatic carbocycles. The predicted octanol–water partition coefficient (Wildman–Crippen LogP) is 2.78. The highest BCUT2D eigenvalue weighted by molar-refractivity contribution is 6.01. The number of anilines is 1. The van der Waals surface area contributed by atoms with Crippen molar-refractivity contribution in [1.82, 2.24) is 14.8 Å². The average Bonchev–Trinajstić information content (AvgIpc) is 2.91. The summed E-state index contributed by atoms with van der Waals surface area (Å²) in [6.45, 7) is 4.13. The Hall–Kier alpha value is -2.43. The van der Waals surface area contributed by atoms with Crippen molar-refractivity contribution in [2.45, 2.75) is 13.8 Å². The summed E-state index contributed by atoms with van der Waals surface area (Å²) in [5, 5.41) is 5.63. The molecule has 1 aromatic carbocycles. The van der Waals surface area contributed by atoms with Gasteiger partial charge in [-0.2, -0.15) is 5.10 Å². The normalized spacial score (nSPS) is 11.2. The van der Waals surface area contributed by atoms with E-state index in [9.17, 15) is 0 Å². The fourth-order valence-electron chi connectivity index (χ4n) is 2.67. The summed E-state index contributed by atoms with van der Waals surface area (Å²) in [5.41, 5.74) is 11.1. The number of benzene rings is 1. The molecule has 0 bridgehead atoms. The topological polar surface area (TPSA) is 68.9 Å². The van der Waals surface area contributed by atoms with Crippen LogP contribution in [0.5, 0.6) is 5.75 Å². The standard InChI is InChI=1S/C15H18N4O/c1-8-5-6-11(20-4)15-13(8)14(9(2)17-15)10-7-12(16)19(3)18-10/h5-7,17H,16H2,1-4H3. The number of nitrogens with zero attached hydrogens (tertiary/aromatic N) is 2. The van der Waals surface area contributed by atoms with Gasteiger partial charge < -0.3 is 15.5 Å². The molecule has 0 atom stereocenters. The van der Waals surface area contributed by atoms with Crippen LogP contribution in [0.4, 0.5) is 5.82 Å². The molecule has 0 aliphatic heterocycles. The fraction of sp³-hybridized carbons (Fsp3) is 0.267. The van der Waals surface area contributed by atoms with Crippen LogP contribution < -0.4 is 10.5 Å². The van der Waals surface area contributed by atoms with Crippen LogP contribution in [0.2, 0.25) is 0 Å². The van der Waals surface area contributed by atoms with Crippen molar-refractivity contribution < 1.29 is 4.74 Å². The van der Waals surface area contributed by atoms with Crippen LogP contribution in [-0.2, 0) is 7.05 Å². The monoisotopic (exact) mass is 270 g/mol. The lowest BCUT2D eigenvalue weighted by Gasteiger charge is -2.04. The van der Waals surface area contributed by atoms with Crippen molar-refractivity contribution in [2.75, 3.05) is 12.8 Å². The third-order valence-electron chi connectivity index (χ3n) is 3.71. The molecule has 3 N–H and O–H groups in total. The highest BCUT2D eigenvalue weighted by Crippen LogP contribution is 2.38. The molecule has 2 heterocycles. The SMILES string of the molecule is COc1ccc(C)c2c(-c3cc(N)n(C)n3)c(C)[nH]c12. The van der Waals surface area contributed by atoms with E-state index in [2.05, 4.69) is 23.1 Å². The Kier molecular flexibility index (Phi) is 2.71. The Bertz CT molecular complexity index is 778. The molecular weight excluding hydrogens is 252 g/mol. The number of nitrogens with two attached hydrogens (primary N) is 1. The summed E-state index contributed by atoms with van der Waals surface area (Å²) < 4.78 is 7.12. The lowest BCUT2D eigenvalue weighted by molar-refractivity contribution is 0.419. The van der Waals surface area contributed by atoms with Gasteiger partial charge in [-0.1, -0.05) is 6.07 Å². The summed E-state index contributed by atoms with van der Waals surface area (Å²) in [4.78, 5) is 3.40. The number of ether oxygens (including phenoxy) is 1. The summed E-state index contributed by atoms with van der Waals surface area (Å²) >= 11 is 0. The van der Waals surface area contributed by atoms with Crippen LogP contribution in [0.3, 0.4) is 0 Å². The molecule has 104 valence electrons. The molecule has 0 unspecified atom stereocenters. The quantitative estimate of drug-likeness (QED) is 0.752. The van der Waals surface area contributed by atoms with Gasteiger partial charge in [0.2, 0.25) is 0 Å². The maximum absolute atomic E-state index is 5.90. The van der Waals surface area contributed by atoms with E-state index in [1.165, 1.54) is 5.56 Å². The molecule has 0 radical (unpaired) electrons. The minimum absolute atomic E-state index is 0.647. The fourth-order valence-corrected chi connectivity index (χ4v) is 2.67. The van der Waals surface area contributed by atoms with Gasteiger partial charge in [0.15, 0.2) is 0 Å². The number of hydrogen-bond donors (Lipinski definition) is 2. The summed E-state index contributed by atoms with van der Waals surface area (Å²) in [6, 6.07) is 5.93. The molecule has 0 aliphatic rings. The summed E-state index contributed by atoms with van der Waals surface area (Å²) in [6.07, 6.45) is 0. The van der Waals surface area contributed by atoms with Gasteiger partial charge in [-0.15, -0.1) is 0 Å². The Balaban J connectivity index is 2.38. The molecule has 0 spiro atoms. The molecule has 5 heteroatoms. The van der Waals surface area contributed by atoms with Crippen LogP contribution in [0.25, 0.3) is 22.2 Å². The smallest absolute Gasteiger partial charge is 0.142 e. The van der Waals surface area contributed by atoms with Gasteiger partial charge in [0.05, 0.1) is 18.3 Å². The van der Waals surface area contributed by atoms with E-state index in [1.54, 1.807) is 11.8 Å². The molecule has 0 saturated heterocycles. The van der Waals surface area contributed by atoms with Crippen molar-refractivity contribution >= 4 is 16.7 Å². The Labute approximate surface area is 117 Å². The van der Waals surface area contributed by atoms with E-state index in [0.717, 1.165) is 33.6 Å². The van der Waals surface area contributed by atoms with Crippen molar-refractivity contribution in [3.8, 4) is 17.0 Å². The van der Waals surface area contributed by atoms with E-state index < -0.39 is 0 Å². The second-order valence-electron chi connectivity index (χ2n) is 5.04. The van der Waals surface area contributed by atoms with Gasteiger partial charge in [0.1, 0.15) is 11.6 Å². The average molecular weight is 270 g/mol. The molecule has 2 aromatic heterocycles. The van der Waals surface area contributed by atoms with Crippen LogP contribution in [0, 0.1) is 13.8 Å². The molecule has 0 amide bonds. The molecule has 3 rings (SSSR count). The number of nitrogen functional groups attached to an aromatic ring is 1. The maximum Gasteiger partial charge on any atom is 0.142 e. The third-order valence-corrected chi connectivity index (χ3v) is 3.71. The van der Waals surface area contributed by atoms with Gasteiger partial charge in [0, 0.05) is 29.8 Å². The van der Waals surface area contributed by atoms with Crippen molar-refractivity contribution in [1.29, 1.82) is 0 Å². The van der Waals surface area contributed by atoms with Gasteiger partial charge in [-0.3, -0.25) is 4.68 Å². The summed E-state index contributed by atoms with van der Waals surface area (Å²) in [5.74, 6) is 1.48. The van der Waals surface area contributed by atoms with E-state index in [4.69, 9.17) is 10.5 Å². The number of rotatable bonds is 2. The molecule has 0 fully saturated rings. The van der Waals surface area contributed by atoms with Crippen molar-refractivity contribution in [2.24, 2.45) is 7.05 Å². The summed E-state index contributed by atoms with van der Waals surface area (Å²) in [7, 11) is 3.52. The molecular formula is C15H18N4O. The second-order valence-corrected chi connectivity index (χ2v) is 5.04. The third kappa shape index (κ3) is 1.66. The molecule has 5 nitrogen and oxygen atoms in total. The van der Waals surface area contributed by atoms with Crippen molar-refractivity contribution in [3.05, 3.63) is 29.5 Å². The van der Waals surface area contributed by atoms with Gasteiger partial charge in [0.25, 0.3) is 0 Å². The first-order valence-corrected chi connectivity index (χ1v) is 6.48. The van der Waals surface area contributed by atoms with Crippen LogP contribution in [0.1, 0.15) is 11.3 Å². The number of nitrogens with one attached hydrogen (secondary N) is 1. The molecule has 20 heavy (non-hydrogen) atoms. The Morgan fingerprint density at radius 2 is 2.05 bits per heavy atom. The first-order chi connectivity index (χ1) is 9.52. The van der Waals surface area contributed by atoms with Crippen LogP contribution in [-0.4, -0.2) is 21.9 Å². The van der Waals surface area contributed by atoms with Gasteiger partial charge in [-0.05, 0) is 25.5 Å². The maximum atomic E-state index is 5.90. The predicted molar refractivity (Wildman–Crippen MR) is 80.9 cm³/mol. The Morgan fingerprint density at radius 1 is 1.30 bits per heavy atom. The second kappa shape index (κ2) is 4.30. The number of methoxy groups -OCH3 is 1. The molecule has 3 aromatic rings. The Morgan fingerprint density at radius 3 is 2.65 bits per heavy atom. The lowest BCUT2D eigenvalue weighted by atomic mass is 10.0. The zero-order valence-electron chi connectivity index (χ0n) is 12.1. The highest BCUT2D eigenvalue weighted by atomic mass is 16.5. The van der Waals surface area contributed by atoms with E-state index >= 15 is 0 Å². The minimum atomic E-state index is 0.647. The van der Waals surface area contributed by atoms with Gasteiger partial charge >= 0.3 is 0 Å². The van der Waals surface area contributed by atoms with E-state index in [-0.39, 0.29) is 0 Å². The first-order valence-electron chi connectivity index (χ1n) is 6.48. The van der Waals surface area contributed by atoms with Gasteiger partial charge in [-0.25, -0.2) is 0 Å². The number of H-pyrrole nitrogens is 1. The van der Waals surface area contributed by atoms with E-state index in [1.807, 2.05) is 26.1 Å². The number of aromatic nitrogens is 3. The highest BCUT2D eigenvalue weighted by Gasteiger charge is 2.18. The largest absolute Gasteiger partial charge is 0.495 e. The zero-order valence-corrected chi connectivity index (χ0v) is 12.1. The van der Waals surface area contributed by atoms with Crippen molar-refractivity contribution in [3.63, 3.8) is 0 Å². The van der Waals surface area contributed by atoms with Crippen LogP contribution >= 0.6 is 0 Å². The van der Waals surface area contributed by atoms with E-state index in [0.29, 0.717) is 5.82 Å². The number of aromatic amines is 1. The lowest BCUT2D eigenvalue weighted by Crippen LogP contribution is -1.96. The number of hydrogen-bond acceptors (Lipinski definition) is 3.